The van der Waals surface area contributed by atoms with E-state index in [4.69, 9.17) is 28.6 Å². The molecule has 0 heterocycles. The zero-order valence-electron chi connectivity index (χ0n) is 17.6. The van der Waals surface area contributed by atoms with Gasteiger partial charge >= 0.3 is 6.18 Å². The van der Waals surface area contributed by atoms with E-state index < -0.39 is 30.3 Å². The minimum absolute atomic E-state index is 0.0365. The van der Waals surface area contributed by atoms with Gasteiger partial charge in [-0.3, -0.25) is 4.79 Å². The molecule has 8 unspecified atom stereocenters. The van der Waals surface area contributed by atoms with Crippen LogP contribution in [0.4, 0.5) is 17.6 Å². The van der Waals surface area contributed by atoms with Crippen molar-refractivity contribution in [3.63, 3.8) is 0 Å². The Balaban J connectivity index is 1.53. The molecular weight excluding hydrogens is 456 g/mol. The van der Waals surface area contributed by atoms with Crippen molar-refractivity contribution >= 4 is 34.7 Å². The van der Waals surface area contributed by atoms with E-state index in [9.17, 15) is 22.4 Å². The lowest BCUT2D eigenvalue weighted by molar-refractivity contribution is -0.199. The van der Waals surface area contributed by atoms with E-state index in [1.54, 1.807) is 7.11 Å². The number of Topliss-reactive ketones (excluding diaryl/α,β-unsaturated/α-hetero) is 1. The molecule has 3 saturated carbocycles. The van der Waals surface area contributed by atoms with Gasteiger partial charge in [0.25, 0.3) is 0 Å². The molecule has 0 aromatic carbocycles. The van der Waals surface area contributed by atoms with Gasteiger partial charge in [0.1, 0.15) is 6.17 Å². The minimum Gasteiger partial charge on any atom is -0.380 e. The Hall–Kier alpha value is -0.670. The number of carbonyl (C=O) groups is 1. The molecule has 0 aliphatic heterocycles. The quantitative estimate of drug-likeness (QED) is 0.343. The predicted octanol–water partition coefficient (Wildman–Crippen LogP) is 4.68. The van der Waals surface area contributed by atoms with Gasteiger partial charge in [-0.2, -0.15) is 13.2 Å². The zero-order valence-corrected chi connectivity index (χ0v) is 19.2. The minimum atomic E-state index is -4.57. The molecule has 3 fully saturated rings. The Labute approximate surface area is 191 Å². The Bertz CT molecular complexity index is 653. The third kappa shape index (κ3) is 6.22. The highest BCUT2D eigenvalue weighted by Crippen LogP contribution is 2.40. The number of thiocarbonyl (C=S) groups is 1. The molecule has 0 bridgehead atoms. The van der Waals surface area contributed by atoms with Crippen LogP contribution in [0.25, 0.3) is 0 Å². The molecule has 0 saturated heterocycles. The summed E-state index contributed by atoms with van der Waals surface area (Å²) in [5, 5.41) is 6.04. The van der Waals surface area contributed by atoms with E-state index in [-0.39, 0.29) is 53.5 Å². The van der Waals surface area contributed by atoms with Gasteiger partial charge in [-0.05, 0) is 69.5 Å². The van der Waals surface area contributed by atoms with E-state index in [1.807, 2.05) is 0 Å². The van der Waals surface area contributed by atoms with Crippen molar-refractivity contribution in [3.8, 4) is 0 Å². The molecule has 3 aliphatic carbocycles. The molecular formula is C21H31ClF4N2O2S. The van der Waals surface area contributed by atoms with Crippen LogP contribution in [0.2, 0.25) is 0 Å². The summed E-state index contributed by atoms with van der Waals surface area (Å²) >= 11 is 11.6. The zero-order chi connectivity index (χ0) is 22.8. The number of alkyl halides is 5. The van der Waals surface area contributed by atoms with Gasteiger partial charge in [-0.15, -0.1) is 11.6 Å². The average Bonchev–Trinajstić information content (AvgIpc) is 2.71. The summed E-state index contributed by atoms with van der Waals surface area (Å²) in [6.45, 7) is 0. The van der Waals surface area contributed by atoms with Crippen LogP contribution < -0.4 is 10.6 Å². The summed E-state index contributed by atoms with van der Waals surface area (Å²) in [7, 11) is 1.64. The summed E-state index contributed by atoms with van der Waals surface area (Å²) in [5.74, 6) is -1.75. The maximum absolute atomic E-state index is 13.7. The van der Waals surface area contributed by atoms with Crippen LogP contribution in [0, 0.1) is 17.8 Å². The number of rotatable bonds is 4. The SMILES string of the molecule is COC1CC(C2CCCC(NC(=S)NC3CCC(F)C(C(F)(F)F)C3)C2=O)CCC1Cl. The van der Waals surface area contributed by atoms with E-state index in [2.05, 4.69) is 10.6 Å². The van der Waals surface area contributed by atoms with Gasteiger partial charge in [0.05, 0.1) is 23.4 Å². The van der Waals surface area contributed by atoms with Crippen molar-refractivity contribution < 1.29 is 27.1 Å². The molecule has 4 nitrogen and oxygen atoms in total. The fourth-order valence-electron chi connectivity index (χ4n) is 5.42. The van der Waals surface area contributed by atoms with E-state index in [1.165, 1.54) is 0 Å². The highest BCUT2D eigenvalue weighted by Gasteiger charge is 2.48. The highest BCUT2D eigenvalue weighted by molar-refractivity contribution is 7.80. The summed E-state index contributed by atoms with van der Waals surface area (Å²) in [6.07, 6.45) is -1.96. The second kappa shape index (κ2) is 10.5. The van der Waals surface area contributed by atoms with Crippen LogP contribution in [-0.4, -0.2) is 53.9 Å². The van der Waals surface area contributed by atoms with Gasteiger partial charge < -0.3 is 15.4 Å². The summed E-state index contributed by atoms with van der Waals surface area (Å²) in [4.78, 5) is 13.1. The molecule has 0 aromatic rings. The van der Waals surface area contributed by atoms with Crippen LogP contribution in [0.3, 0.4) is 0 Å². The van der Waals surface area contributed by atoms with Crippen LogP contribution in [0.5, 0.6) is 0 Å². The molecule has 3 aliphatic rings. The predicted molar refractivity (Wildman–Crippen MR) is 115 cm³/mol. The van der Waals surface area contributed by atoms with Crippen molar-refractivity contribution in [1.29, 1.82) is 0 Å². The first-order valence-electron chi connectivity index (χ1n) is 11.1. The standard InChI is InChI=1S/C21H31ClF4N2O2S/c1-30-18-9-11(5-7-15(18)22)13-3-2-4-17(19(13)29)28-20(31)27-12-6-8-16(23)14(10-12)21(24,25)26/h11-18H,2-10H2,1H3,(H2,27,28,31). The number of nitrogens with one attached hydrogen (secondary N) is 2. The summed E-state index contributed by atoms with van der Waals surface area (Å²) in [5.41, 5.74) is 0. The monoisotopic (exact) mass is 486 g/mol. The Morgan fingerprint density at radius 1 is 1.10 bits per heavy atom. The van der Waals surface area contributed by atoms with Crippen molar-refractivity contribution in [2.45, 2.75) is 93.7 Å². The molecule has 178 valence electrons. The largest absolute Gasteiger partial charge is 0.394 e. The van der Waals surface area contributed by atoms with Gasteiger partial charge in [-0.1, -0.05) is 6.42 Å². The molecule has 2 N–H and O–H groups in total. The second-order valence-corrected chi connectivity index (χ2v) is 10.1. The molecule has 10 heteroatoms. The normalized spacial score (nSPS) is 39.7. The van der Waals surface area contributed by atoms with E-state index in [0.717, 1.165) is 32.1 Å². The van der Waals surface area contributed by atoms with Crippen molar-refractivity contribution in [1.82, 2.24) is 10.6 Å². The second-order valence-electron chi connectivity index (χ2n) is 9.15. The first kappa shape index (κ1) is 25.0. The third-order valence-corrected chi connectivity index (χ3v) is 7.90. The average molecular weight is 487 g/mol. The van der Waals surface area contributed by atoms with Gasteiger partial charge in [-0.25, -0.2) is 4.39 Å². The third-order valence-electron chi connectivity index (χ3n) is 7.17. The molecule has 0 amide bonds. The first-order valence-corrected chi connectivity index (χ1v) is 11.9. The van der Waals surface area contributed by atoms with E-state index >= 15 is 0 Å². The van der Waals surface area contributed by atoms with Crippen LogP contribution >= 0.6 is 23.8 Å². The Morgan fingerprint density at radius 2 is 1.84 bits per heavy atom. The fraction of sp³-hybridized carbons (Fsp3) is 0.905. The van der Waals surface area contributed by atoms with E-state index in [0.29, 0.717) is 6.42 Å². The lowest BCUT2D eigenvalue weighted by Crippen LogP contribution is -2.54. The maximum atomic E-state index is 13.7. The molecule has 3 rings (SSSR count). The molecule has 31 heavy (non-hydrogen) atoms. The van der Waals surface area contributed by atoms with Gasteiger partial charge in [0.2, 0.25) is 0 Å². The smallest absolute Gasteiger partial charge is 0.380 e. The number of hydrogen-bond acceptors (Lipinski definition) is 3. The molecule has 0 radical (unpaired) electrons. The summed E-state index contributed by atoms with van der Waals surface area (Å²) < 4.78 is 58.3. The fourth-order valence-corrected chi connectivity index (χ4v) is 6.06. The molecule has 0 spiro atoms. The lowest BCUT2D eigenvalue weighted by Gasteiger charge is -2.39. The van der Waals surface area contributed by atoms with Crippen LogP contribution in [-0.2, 0) is 9.53 Å². The van der Waals surface area contributed by atoms with Crippen molar-refractivity contribution in [2.24, 2.45) is 17.8 Å². The Kier molecular flexibility index (Phi) is 8.46. The highest BCUT2D eigenvalue weighted by atomic mass is 35.5. The van der Waals surface area contributed by atoms with Gasteiger partial charge in [0, 0.05) is 19.1 Å². The topological polar surface area (TPSA) is 50.4 Å². The first-order chi connectivity index (χ1) is 14.6. The number of carbonyl (C=O) groups excluding carboxylic acids is 1. The van der Waals surface area contributed by atoms with Crippen molar-refractivity contribution in [3.05, 3.63) is 0 Å². The maximum Gasteiger partial charge on any atom is 0.394 e. The summed E-state index contributed by atoms with van der Waals surface area (Å²) in [6, 6.07) is -1.01. The number of methoxy groups -OCH3 is 1. The lowest BCUT2D eigenvalue weighted by atomic mass is 9.70. The van der Waals surface area contributed by atoms with Crippen LogP contribution in [0.1, 0.15) is 57.8 Å². The Morgan fingerprint density at radius 3 is 2.52 bits per heavy atom. The number of ether oxygens (including phenoxy) is 1. The van der Waals surface area contributed by atoms with Gasteiger partial charge in [0.15, 0.2) is 10.9 Å². The van der Waals surface area contributed by atoms with Crippen LogP contribution in [0.15, 0.2) is 0 Å². The number of halogens is 5. The number of ketones is 1. The molecule has 8 atom stereocenters. The molecule has 0 aromatic heterocycles. The number of hydrogen-bond donors (Lipinski definition) is 2. The van der Waals surface area contributed by atoms with Crippen molar-refractivity contribution in [2.75, 3.05) is 7.11 Å².